The van der Waals surface area contributed by atoms with Gasteiger partial charge in [-0.1, -0.05) is 24.3 Å². The summed E-state index contributed by atoms with van der Waals surface area (Å²) in [7, 11) is 0. The minimum atomic E-state index is -0.649. The number of rotatable bonds is 2. The van der Waals surface area contributed by atoms with Crippen molar-refractivity contribution in [1.82, 2.24) is 9.97 Å². The predicted octanol–water partition coefficient (Wildman–Crippen LogP) is 2.43. The number of aryl methyl sites for hydroxylation is 1. The molecule has 17 heavy (non-hydrogen) atoms. The quantitative estimate of drug-likeness (QED) is 0.855. The largest absolute Gasteiger partial charge is 0.385 e. The van der Waals surface area contributed by atoms with Crippen LogP contribution in [0.3, 0.4) is 0 Å². The van der Waals surface area contributed by atoms with E-state index in [4.69, 9.17) is 0 Å². The molecule has 3 heteroatoms. The first-order valence-corrected chi connectivity index (χ1v) is 5.80. The van der Waals surface area contributed by atoms with Gasteiger partial charge in [-0.25, -0.2) is 9.97 Å². The lowest BCUT2D eigenvalue weighted by atomic mass is 10.1. The van der Waals surface area contributed by atoms with Gasteiger partial charge < -0.3 is 5.11 Å². The molecule has 0 amide bonds. The summed E-state index contributed by atoms with van der Waals surface area (Å²) in [6, 6.07) is 8.03. The molecule has 1 saturated carbocycles. The van der Waals surface area contributed by atoms with Crippen LogP contribution in [0.2, 0.25) is 0 Å². The molecule has 86 valence electrons. The second-order valence-electron chi connectivity index (χ2n) is 4.64. The van der Waals surface area contributed by atoms with Gasteiger partial charge in [0, 0.05) is 23.5 Å². The zero-order valence-electron chi connectivity index (χ0n) is 9.72. The first-order chi connectivity index (χ1) is 8.19. The monoisotopic (exact) mass is 226 g/mol. The molecule has 0 aliphatic heterocycles. The molecule has 0 unspecified atom stereocenters. The summed E-state index contributed by atoms with van der Waals surface area (Å²) in [5, 5.41) is 9.94. The van der Waals surface area contributed by atoms with E-state index in [9.17, 15) is 5.11 Å². The summed E-state index contributed by atoms with van der Waals surface area (Å²) in [5.74, 6) is 0.719. The highest BCUT2D eigenvalue weighted by Crippen LogP contribution is 2.44. The van der Waals surface area contributed by atoms with E-state index in [1.807, 2.05) is 31.2 Å². The van der Waals surface area contributed by atoms with Crippen LogP contribution in [-0.4, -0.2) is 15.1 Å². The Labute approximate surface area is 100 Å². The van der Waals surface area contributed by atoms with Crippen molar-refractivity contribution in [3.8, 4) is 11.4 Å². The van der Waals surface area contributed by atoms with Crippen LogP contribution >= 0.6 is 0 Å². The predicted molar refractivity (Wildman–Crippen MR) is 65.3 cm³/mol. The third-order valence-electron chi connectivity index (χ3n) is 3.30. The lowest BCUT2D eigenvalue weighted by molar-refractivity contribution is 0.150. The average molecular weight is 226 g/mol. The van der Waals surface area contributed by atoms with Crippen molar-refractivity contribution < 1.29 is 5.11 Å². The molecule has 0 spiro atoms. The number of hydrogen-bond acceptors (Lipinski definition) is 3. The summed E-state index contributed by atoms with van der Waals surface area (Å²) in [4.78, 5) is 8.69. The molecule has 3 nitrogen and oxygen atoms in total. The molecule has 2 aromatic rings. The standard InChI is InChI=1S/C14H14N2O/c1-10-4-2-3-5-12(10)13-15-8-11(9-16-13)14(17)6-7-14/h2-5,8-9,17H,6-7H2,1H3. The van der Waals surface area contributed by atoms with Gasteiger partial charge in [0.15, 0.2) is 5.82 Å². The fourth-order valence-corrected chi connectivity index (χ4v) is 1.94. The smallest absolute Gasteiger partial charge is 0.159 e. The van der Waals surface area contributed by atoms with E-state index in [1.54, 1.807) is 12.4 Å². The van der Waals surface area contributed by atoms with Crippen LogP contribution in [-0.2, 0) is 5.60 Å². The Morgan fingerprint density at radius 3 is 2.35 bits per heavy atom. The fourth-order valence-electron chi connectivity index (χ4n) is 1.94. The highest BCUT2D eigenvalue weighted by Gasteiger charge is 2.42. The summed E-state index contributed by atoms with van der Waals surface area (Å²) < 4.78 is 0. The Morgan fingerprint density at radius 2 is 1.76 bits per heavy atom. The van der Waals surface area contributed by atoms with Crippen LogP contribution in [0.5, 0.6) is 0 Å². The summed E-state index contributed by atoms with van der Waals surface area (Å²) >= 11 is 0. The van der Waals surface area contributed by atoms with E-state index in [1.165, 1.54) is 0 Å². The van der Waals surface area contributed by atoms with E-state index in [-0.39, 0.29) is 0 Å². The van der Waals surface area contributed by atoms with Crippen molar-refractivity contribution in [2.24, 2.45) is 0 Å². The third-order valence-corrected chi connectivity index (χ3v) is 3.30. The SMILES string of the molecule is Cc1ccccc1-c1ncc(C2(O)CC2)cn1. The van der Waals surface area contributed by atoms with Crippen molar-refractivity contribution in [3.63, 3.8) is 0 Å². The molecular weight excluding hydrogens is 212 g/mol. The fraction of sp³-hybridized carbons (Fsp3) is 0.286. The number of aromatic nitrogens is 2. The van der Waals surface area contributed by atoms with Gasteiger partial charge in [0.1, 0.15) is 0 Å². The maximum atomic E-state index is 9.94. The highest BCUT2D eigenvalue weighted by molar-refractivity contribution is 5.59. The Bertz CT molecular complexity index is 544. The van der Waals surface area contributed by atoms with E-state index in [2.05, 4.69) is 9.97 Å². The van der Waals surface area contributed by atoms with Crippen LogP contribution in [0, 0.1) is 6.92 Å². The van der Waals surface area contributed by atoms with Crippen LogP contribution in [0.1, 0.15) is 24.0 Å². The molecule has 0 bridgehead atoms. The molecule has 1 aromatic heterocycles. The van der Waals surface area contributed by atoms with Gasteiger partial charge in [-0.2, -0.15) is 0 Å². The Morgan fingerprint density at radius 1 is 1.12 bits per heavy atom. The van der Waals surface area contributed by atoms with E-state index >= 15 is 0 Å². The summed E-state index contributed by atoms with van der Waals surface area (Å²) in [6.45, 7) is 2.04. The van der Waals surface area contributed by atoms with E-state index in [0.717, 1.165) is 35.4 Å². The molecule has 1 aliphatic rings. The Kier molecular flexibility index (Phi) is 2.23. The number of nitrogens with zero attached hydrogens (tertiary/aromatic N) is 2. The van der Waals surface area contributed by atoms with Gasteiger partial charge in [0.25, 0.3) is 0 Å². The van der Waals surface area contributed by atoms with Crippen molar-refractivity contribution >= 4 is 0 Å². The van der Waals surface area contributed by atoms with Gasteiger partial charge >= 0.3 is 0 Å². The maximum absolute atomic E-state index is 9.94. The van der Waals surface area contributed by atoms with Crippen molar-refractivity contribution in [1.29, 1.82) is 0 Å². The maximum Gasteiger partial charge on any atom is 0.159 e. The first kappa shape index (κ1) is 10.4. The van der Waals surface area contributed by atoms with Crippen LogP contribution in [0.15, 0.2) is 36.7 Å². The van der Waals surface area contributed by atoms with Crippen LogP contribution in [0.25, 0.3) is 11.4 Å². The van der Waals surface area contributed by atoms with E-state index in [0.29, 0.717) is 0 Å². The number of aliphatic hydroxyl groups is 1. The second-order valence-corrected chi connectivity index (χ2v) is 4.64. The normalized spacial score (nSPS) is 16.8. The molecule has 1 N–H and O–H groups in total. The second kappa shape index (κ2) is 3.64. The molecule has 1 aromatic carbocycles. The van der Waals surface area contributed by atoms with Gasteiger partial charge in [0.05, 0.1) is 5.60 Å². The third kappa shape index (κ3) is 1.83. The van der Waals surface area contributed by atoms with Crippen molar-refractivity contribution in [2.45, 2.75) is 25.4 Å². The Hall–Kier alpha value is -1.74. The Balaban J connectivity index is 1.98. The summed E-state index contributed by atoms with van der Waals surface area (Å²) in [6.07, 6.45) is 5.11. The number of benzene rings is 1. The summed E-state index contributed by atoms with van der Waals surface area (Å²) in [5.41, 5.74) is 2.38. The molecule has 0 radical (unpaired) electrons. The lowest BCUT2D eigenvalue weighted by Crippen LogP contribution is -2.06. The highest BCUT2D eigenvalue weighted by atomic mass is 16.3. The molecule has 0 atom stereocenters. The molecule has 1 aliphatic carbocycles. The first-order valence-electron chi connectivity index (χ1n) is 5.80. The van der Waals surface area contributed by atoms with E-state index < -0.39 is 5.60 Å². The zero-order valence-corrected chi connectivity index (χ0v) is 9.72. The number of hydrogen-bond donors (Lipinski definition) is 1. The van der Waals surface area contributed by atoms with Gasteiger partial charge in [-0.15, -0.1) is 0 Å². The minimum absolute atomic E-state index is 0.649. The van der Waals surface area contributed by atoms with Crippen LogP contribution < -0.4 is 0 Å². The molecule has 0 saturated heterocycles. The van der Waals surface area contributed by atoms with Crippen molar-refractivity contribution in [2.75, 3.05) is 0 Å². The van der Waals surface area contributed by atoms with Crippen LogP contribution in [0.4, 0.5) is 0 Å². The minimum Gasteiger partial charge on any atom is -0.385 e. The van der Waals surface area contributed by atoms with Crippen molar-refractivity contribution in [3.05, 3.63) is 47.8 Å². The average Bonchev–Trinajstić information content (AvgIpc) is 3.10. The van der Waals surface area contributed by atoms with Gasteiger partial charge in [-0.05, 0) is 25.3 Å². The molecular formula is C14H14N2O. The molecule has 1 heterocycles. The van der Waals surface area contributed by atoms with Gasteiger partial charge in [-0.3, -0.25) is 0 Å². The molecule has 1 fully saturated rings. The lowest BCUT2D eigenvalue weighted by Gasteiger charge is -2.08. The van der Waals surface area contributed by atoms with Gasteiger partial charge in [0.2, 0.25) is 0 Å². The topological polar surface area (TPSA) is 46.0 Å². The zero-order chi connectivity index (χ0) is 11.9. The molecule has 3 rings (SSSR count).